The molecule has 4 heteroatoms. The van der Waals surface area contributed by atoms with Crippen molar-refractivity contribution in [3.8, 4) is 0 Å². The summed E-state index contributed by atoms with van der Waals surface area (Å²) in [6, 6.07) is 9.36. The van der Waals surface area contributed by atoms with Crippen LogP contribution in [0.3, 0.4) is 0 Å². The normalized spacial score (nSPS) is 12.7. The SMILES string of the molecule is CC(O)C(=O)On1ccc2ccccc21. The second-order valence-corrected chi connectivity index (χ2v) is 3.29. The fraction of sp³-hybridized carbons (Fsp3) is 0.182. The molecule has 15 heavy (non-hydrogen) atoms. The van der Waals surface area contributed by atoms with Crippen molar-refractivity contribution >= 4 is 16.9 Å². The summed E-state index contributed by atoms with van der Waals surface area (Å²) in [5, 5.41) is 9.99. The predicted octanol–water partition coefficient (Wildman–Crippen LogP) is 0.977. The van der Waals surface area contributed by atoms with E-state index >= 15 is 0 Å². The van der Waals surface area contributed by atoms with Crippen molar-refractivity contribution in [2.75, 3.05) is 0 Å². The molecule has 0 aliphatic carbocycles. The lowest BCUT2D eigenvalue weighted by molar-refractivity contribution is -0.152. The Morgan fingerprint density at radius 2 is 2.13 bits per heavy atom. The molecule has 0 saturated heterocycles. The van der Waals surface area contributed by atoms with Crippen LogP contribution in [0.15, 0.2) is 36.5 Å². The number of carbonyl (C=O) groups excluding carboxylic acids is 1. The summed E-state index contributed by atoms with van der Waals surface area (Å²) in [7, 11) is 0. The van der Waals surface area contributed by atoms with E-state index < -0.39 is 12.1 Å². The van der Waals surface area contributed by atoms with E-state index in [0.717, 1.165) is 10.9 Å². The van der Waals surface area contributed by atoms with Gasteiger partial charge in [-0.3, -0.25) is 0 Å². The molecular weight excluding hydrogens is 194 g/mol. The summed E-state index contributed by atoms with van der Waals surface area (Å²) in [5.41, 5.74) is 0.798. The number of aromatic nitrogens is 1. The molecule has 1 atom stereocenters. The number of para-hydroxylation sites is 1. The first-order chi connectivity index (χ1) is 7.18. The van der Waals surface area contributed by atoms with Crippen molar-refractivity contribution in [1.29, 1.82) is 0 Å². The van der Waals surface area contributed by atoms with Gasteiger partial charge < -0.3 is 9.94 Å². The van der Waals surface area contributed by atoms with E-state index in [2.05, 4.69) is 0 Å². The molecule has 78 valence electrons. The maximum absolute atomic E-state index is 11.2. The molecule has 2 aromatic rings. The Morgan fingerprint density at radius 3 is 2.87 bits per heavy atom. The maximum Gasteiger partial charge on any atom is 0.360 e. The molecule has 0 aliphatic heterocycles. The summed E-state index contributed by atoms with van der Waals surface area (Å²) < 4.78 is 1.35. The van der Waals surface area contributed by atoms with Crippen LogP contribution in [-0.4, -0.2) is 21.9 Å². The fourth-order valence-corrected chi connectivity index (χ4v) is 1.31. The lowest BCUT2D eigenvalue weighted by Gasteiger charge is -2.07. The van der Waals surface area contributed by atoms with Gasteiger partial charge in [-0.2, -0.15) is 4.73 Å². The first-order valence-corrected chi connectivity index (χ1v) is 4.65. The Hall–Kier alpha value is -1.81. The van der Waals surface area contributed by atoms with Crippen LogP contribution < -0.4 is 4.84 Å². The molecule has 0 aliphatic rings. The highest BCUT2D eigenvalue weighted by atomic mass is 16.7. The van der Waals surface area contributed by atoms with E-state index in [4.69, 9.17) is 9.94 Å². The molecule has 1 aromatic carbocycles. The van der Waals surface area contributed by atoms with E-state index in [0.29, 0.717) is 0 Å². The third kappa shape index (κ3) is 1.85. The minimum atomic E-state index is -1.12. The fourth-order valence-electron chi connectivity index (χ4n) is 1.31. The van der Waals surface area contributed by atoms with Crippen molar-refractivity contribution in [3.05, 3.63) is 36.5 Å². The van der Waals surface area contributed by atoms with Crippen LogP contribution in [0.2, 0.25) is 0 Å². The molecule has 1 unspecified atom stereocenters. The van der Waals surface area contributed by atoms with Crippen LogP contribution in [-0.2, 0) is 4.79 Å². The minimum absolute atomic E-state index is 0.670. The summed E-state index contributed by atoms with van der Waals surface area (Å²) >= 11 is 0. The third-order valence-corrected chi connectivity index (χ3v) is 2.09. The van der Waals surface area contributed by atoms with Crippen LogP contribution in [0.4, 0.5) is 0 Å². The third-order valence-electron chi connectivity index (χ3n) is 2.09. The quantitative estimate of drug-likeness (QED) is 0.795. The van der Waals surface area contributed by atoms with Crippen LogP contribution in [0.1, 0.15) is 6.92 Å². The number of rotatable bonds is 2. The molecule has 1 aromatic heterocycles. The van der Waals surface area contributed by atoms with Gasteiger partial charge >= 0.3 is 5.97 Å². The van der Waals surface area contributed by atoms with Gasteiger partial charge in [-0.05, 0) is 19.1 Å². The molecule has 2 rings (SSSR count). The van der Waals surface area contributed by atoms with E-state index in [-0.39, 0.29) is 0 Å². The van der Waals surface area contributed by atoms with Gasteiger partial charge in [0.05, 0.1) is 5.52 Å². The highest BCUT2D eigenvalue weighted by molar-refractivity contribution is 5.81. The van der Waals surface area contributed by atoms with Gasteiger partial charge in [0.15, 0.2) is 6.10 Å². The number of fused-ring (bicyclic) bond motifs is 1. The standard InChI is InChI=1S/C11H11NO3/c1-8(13)11(14)15-12-7-6-9-4-2-3-5-10(9)12/h2-8,13H,1H3. The molecule has 0 amide bonds. The van der Waals surface area contributed by atoms with Crippen molar-refractivity contribution < 1.29 is 14.7 Å². The Morgan fingerprint density at radius 1 is 1.40 bits per heavy atom. The van der Waals surface area contributed by atoms with Gasteiger partial charge in [-0.15, -0.1) is 0 Å². The monoisotopic (exact) mass is 205 g/mol. The minimum Gasteiger partial charge on any atom is -0.382 e. The number of hydrogen-bond donors (Lipinski definition) is 1. The average Bonchev–Trinajstić information content (AvgIpc) is 2.62. The summed E-state index contributed by atoms with van der Waals surface area (Å²) in [4.78, 5) is 16.1. The highest BCUT2D eigenvalue weighted by Gasteiger charge is 2.12. The van der Waals surface area contributed by atoms with E-state index in [1.807, 2.05) is 30.3 Å². The van der Waals surface area contributed by atoms with Crippen molar-refractivity contribution in [2.24, 2.45) is 0 Å². The van der Waals surface area contributed by atoms with Crippen LogP contribution in [0.5, 0.6) is 0 Å². The number of nitrogens with zero attached hydrogens (tertiary/aromatic N) is 1. The molecule has 4 nitrogen and oxygen atoms in total. The second-order valence-electron chi connectivity index (χ2n) is 3.29. The van der Waals surface area contributed by atoms with Gasteiger partial charge in [0.1, 0.15) is 0 Å². The van der Waals surface area contributed by atoms with Crippen LogP contribution in [0, 0.1) is 0 Å². The zero-order valence-electron chi connectivity index (χ0n) is 8.25. The smallest absolute Gasteiger partial charge is 0.360 e. The Kier molecular flexibility index (Phi) is 2.43. The molecule has 0 radical (unpaired) electrons. The van der Waals surface area contributed by atoms with E-state index in [1.165, 1.54) is 11.7 Å². The zero-order chi connectivity index (χ0) is 10.8. The summed E-state index contributed by atoms with van der Waals surface area (Å²) in [6.45, 7) is 1.37. The Labute approximate surface area is 86.7 Å². The maximum atomic E-state index is 11.2. The van der Waals surface area contributed by atoms with Crippen molar-refractivity contribution in [2.45, 2.75) is 13.0 Å². The van der Waals surface area contributed by atoms with Gasteiger partial charge in [0, 0.05) is 11.6 Å². The van der Waals surface area contributed by atoms with Gasteiger partial charge in [-0.25, -0.2) is 4.79 Å². The molecule has 0 fully saturated rings. The Bertz CT molecular complexity index is 487. The largest absolute Gasteiger partial charge is 0.382 e. The van der Waals surface area contributed by atoms with E-state index in [9.17, 15) is 4.79 Å². The first kappa shape index (κ1) is 9.73. The Balaban J connectivity index is 2.33. The topological polar surface area (TPSA) is 51.5 Å². The average molecular weight is 205 g/mol. The number of carbonyl (C=O) groups is 1. The number of benzene rings is 1. The van der Waals surface area contributed by atoms with E-state index in [1.54, 1.807) is 6.20 Å². The molecule has 0 bridgehead atoms. The number of hydrogen-bond acceptors (Lipinski definition) is 3. The van der Waals surface area contributed by atoms with Crippen molar-refractivity contribution in [1.82, 2.24) is 4.73 Å². The molecule has 0 spiro atoms. The molecular formula is C11H11NO3. The summed E-state index contributed by atoms with van der Waals surface area (Å²) in [6.07, 6.45) is 0.525. The number of aliphatic hydroxyl groups is 1. The highest BCUT2D eigenvalue weighted by Crippen LogP contribution is 2.13. The second kappa shape index (κ2) is 3.74. The van der Waals surface area contributed by atoms with Crippen LogP contribution in [0.25, 0.3) is 10.9 Å². The molecule has 1 N–H and O–H groups in total. The lowest BCUT2D eigenvalue weighted by atomic mass is 10.3. The predicted molar refractivity (Wildman–Crippen MR) is 55.2 cm³/mol. The van der Waals surface area contributed by atoms with Crippen molar-refractivity contribution in [3.63, 3.8) is 0 Å². The molecule has 0 saturated carbocycles. The molecule has 1 heterocycles. The number of aliphatic hydroxyl groups excluding tert-OH is 1. The van der Waals surface area contributed by atoms with Gasteiger partial charge in [-0.1, -0.05) is 18.2 Å². The van der Waals surface area contributed by atoms with Gasteiger partial charge in [0.2, 0.25) is 0 Å². The zero-order valence-corrected chi connectivity index (χ0v) is 8.25. The van der Waals surface area contributed by atoms with Gasteiger partial charge in [0.25, 0.3) is 0 Å². The lowest BCUT2D eigenvalue weighted by Crippen LogP contribution is -2.28. The summed E-state index contributed by atoms with van der Waals surface area (Å²) in [5.74, 6) is -0.670. The van der Waals surface area contributed by atoms with Crippen LogP contribution >= 0.6 is 0 Å². The first-order valence-electron chi connectivity index (χ1n) is 4.65.